The molecule has 1 aliphatic carbocycles. The summed E-state index contributed by atoms with van der Waals surface area (Å²) in [5, 5.41) is 3.93. The van der Waals surface area contributed by atoms with E-state index in [2.05, 4.69) is 83.0 Å². The lowest BCUT2D eigenvalue weighted by atomic mass is 9.84. The van der Waals surface area contributed by atoms with Gasteiger partial charge in [-0.15, -0.1) is 24.8 Å². The third-order valence-corrected chi connectivity index (χ3v) is 7.85. The Morgan fingerprint density at radius 2 is 1.32 bits per heavy atom. The van der Waals surface area contributed by atoms with Crippen LogP contribution in [-0.4, -0.2) is 31.1 Å². The smallest absolute Gasteiger partial charge is 0.0963 e. The molecule has 180 valence electrons. The van der Waals surface area contributed by atoms with Gasteiger partial charge in [0, 0.05) is 26.2 Å². The molecule has 0 bridgehead atoms. The molecule has 0 atom stereocenters. The Morgan fingerprint density at radius 3 is 1.97 bits per heavy atom. The van der Waals surface area contributed by atoms with E-state index in [-0.39, 0.29) is 36.5 Å². The average Bonchev–Trinajstić information content (AvgIpc) is 3.12. The van der Waals surface area contributed by atoms with Crippen molar-refractivity contribution in [3.63, 3.8) is 0 Å². The van der Waals surface area contributed by atoms with Gasteiger partial charge in [0.15, 0.2) is 0 Å². The summed E-state index contributed by atoms with van der Waals surface area (Å²) in [5.74, 6) is 0. The number of hydrogen-bond donors (Lipinski definition) is 1. The second kappa shape index (κ2) is 10.8. The van der Waals surface area contributed by atoms with Crippen LogP contribution in [-0.2, 0) is 29.8 Å². The summed E-state index contributed by atoms with van der Waals surface area (Å²) in [4.78, 5) is 2.61. The van der Waals surface area contributed by atoms with Gasteiger partial charge < -0.3 is 15.0 Å². The van der Waals surface area contributed by atoms with Crippen molar-refractivity contribution in [2.75, 3.05) is 26.2 Å². The summed E-state index contributed by atoms with van der Waals surface area (Å²) in [6.07, 6.45) is 4.44. The van der Waals surface area contributed by atoms with E-state index in [4.69, 9.17) is 4.74 Å². The molecule has 34 heavy (non-hydrogen) atoms. The van der Waals surface area contributed by atoms with Crippen molar-refractivity contribution in [3.05, 3.63) is 106 Å². The molecule has 2 heterocycles. The van der Waals surface area contributed by atoms with E-state index < -0.39 is 0 Å². The minimum atomic E-state index is -0.0420. The average molecular weight is 498 g/mol. The lowest BCUT2D eigenvalue weighted by Crippen LogP contribution is -2.45. The van der Waals surface area contributed by atoms with Crippen LogP contribution in [0, 0.1) is 0 Å². The Balaban J connectivity index is 0.00000137. The van der Waals surface area contributed by atoms with Crippen LogP contribution < -0.4 is 5.32 Å². The second-order valence-corrected chi connectivity index (χ2v) is 9.57. The number of halogens is 2. The van der Waals surface area contributed by atoms with Crippen LogP contribution in [0.5, 0.6) is 0 Å². The third kappa shape index (κ3) is 4.65. The molecular formula is C29H34Cl2N2O. The van der Waals surface area contributed by atoms with E-state index in [0.717, 1.165) is 58.5 Å². The SMILES string of the molecule is Cl.Cl.c1ccc2c(c1)CCc1ccccc1C2NCCN1CCC2(CC1)OCc1ccccc12. The normalized spacial score (nSPS) is 18.7. The number of nitrogens with zero attached hydrogens (tertiary/aromatic N) is 1. The molecule has 3 aromatic rings. The number of fused-ring (bicyclic) bond motifs is 4. The molecule has 1 N–H and O–H groups in total. The number of piperidine rings is 1. The summed E-state index contributed by atoms with van der Waals surface area (Å²) in [5.41, 5.74) is 8.64. The number of rotatable bonds is 4. The quantitative estimate of drug-likeness (QED) is 0.491. The van der Waals surface area contributed by atoms with E-state index in [0.29, 0.717) is 0 Å². The van der Waals surface area contributed by atoms with Gasteiger partial charge in [-0.1, -0.05) is 72.8 Å². The van der Waals surface area contributed by atoms with Crippen molar-refractivity contribution >= 4 is 24.8 Å². The first-order valence-corrected chi connectivity index (χ1v) is 12.2. The fraction of sp³-hybridized carbons (Fsp3) is 0.379. The second-order valence-electron chi connectivity index (χ2n) is 9.57. The predicted octanol–water partition coefficient (Wildman–Crippen LogP) is 5.83. The van der Waals surface area contributed by atoms with E-state index in [1.807, 2.05) is 0 Å². The number of likely N-dealkylation sites (tertiary alicyclic amines) is 1. The number of hydrogen-bond acceptors (Lipinski definition) is 3. The van der Waals surface area contributed by atoms with Gasteiger partial charge in [-0.25, -0.2) is 0 Å². The standard InChI is InChI=1S/C29H32N2O.2ClH/c1-4-10-25-22(7-1)13-14-23-8-2-5-11-26(23)28(25)30-17-20-31-18-15-29(16-19-31)27-12-6-3-9-24(27)21-32-29;;/h1-12,28,30H,13-21H2;2*1H. The topological polar surface area (TPSA) is 24.5 Å². The van der Waals surface area contributed by atoms with E-state index in [9.17, 15) is 0 Å². The lowest BCUT2D eigenvalue weighted by Gasteiger charge is -2.39. The molecule has 0 aromatic heterocycles. The van der Waals surface area contributed by atoms with Crippen LogP contribution in [0.2, 0.25) is 0 Å². The highest BCUT2D eigenvalue weighted by Crippen LogP contribution is 2.43. The molecule has 2 aliphatic heterocycles. The molecule has 0 radical (unpaired) electrons. The van der Waals surface area contributed by atoms with E-state index in [1.54, 1.807) is 0 Å². The van der Waals surface area contributed by atoms with Gasteiger partial charge in [0.2, 0.25) is 0 Å². The zero-order valence-corrected chi connectivity index (χ0v) is 21.2. The third-order valence-electron chi connectivity index (χ3n) is 7.85. The highest BCUT2D eigenvalue weighted by Gasteiger charge is 2.42. The van der Waals surface area contributed by atoms with Gasteiger partial charge in [0.25, 0.3) is 0 Å². The molecule has 3 nitrogen and oxygen atoms in total. The molecule has 3 aromatic carbocycles. The zero-order chi connectivity index (χ0) is 21.4. The van der Waals surface area contributed by atoms with Crippen LogP contribution >= 0.6 is 24.8 Å². The maximum atomic E-state index is 6.35. The van der Waals surface area contributed by atoms with Crippen LogP contribution in [0.1, 0.15) is 52.3 Å². The van der Waals surface area contributed by atoms with Crippen molar-refractivity contribution in [1.82, 2.24) is 10.2 Å². The molecule has 1 spiro atoms. The first-order valence-electron chi connectivity index (χ1n) is 12.2. The van der Waals surface area contributed by atoms with E-state index in [1.165, 1.54) is 33.4 Å². The number of ether oxygens (including phenoxy) is 1. The largest absolute Gasteiger partial charge is 0.365 e. The van der Waals surface area contributed by atoms with Gasteiger partial charge in [-0.3, -0.25) is 0 Å². The minimum absolute atomic E-state index is 0. The van der Waals surface area contributed by atoms with Crippen molar-refractivity contribution in [2.24, 2.45) is 0 Å². The highest BCUT2D eigenvalue weighted by atomic mass is 35.5. The highest BCUT2D eigenvalue weighted by molar-refractivity contribution is 5.85. The number of nitrogens with one attached hydrogen (secondary N) is 1. The molecule has 1 saturated heterocycles. The molecule has 5 heteroatoms. The first kappa shape index (κ1) is 25.2. The molecule has 0 amide bonds. The Hall–Kier alpha value is -1.88. The van der Waals surface area contributed by atoms with Gasteiger partial charge in [0.1, 0.15) is 0 Å². The molecule has 0 saturated carbocycles. The predicted molar refractivity (Wildman–Crippen MR) is 143 cm³/mol. The van der Waals surface area contributed by atoms with Crippen LogP contribution in [0.4, 0.5) is 0 Å². The Labute approximate surface area is 215 Å². The maximum Gasteiger partial charge on any atom is 0.0963 e. The maximum absolute atomic E-state index is 6.35. The fourth-order valence-corrected chi connectivity index (χ4v) is 6.05. The van der Waals surface area contributed by atoms with Crippen molar-refractivity contribution in [1.29, 1.82) is 0 Å². The number of aryl methyl sites for hydroxylation is 2. The summed E-state index contributed by atoms with van der Waals surface area (Å²) in [6.45, 7) is 5.07. The lowest BCUT2D eigenvalue weighted by molar-refractivity contribution is -0.0785. The fourth-order valence-electron chi connectivity index (χ4n) is 6.05. The van der Waals surface area contributed by atoms with Crippen LogP contribution in [0.3, 0.4) is 0 Å². The Kier molecular flexibility index (Phi) is 8.01. The molecule has 3 aliphatic rings. The summed E-state index contributed by atoms with van der Waals surface area (Å²) in [6, 6.07) is 27.0. The van der Waals surface area contributed by atoms with Crippen LogP contribution in [0.15, 0.2) is 72.8 Å². The molecule has 1 fully saturated rings. The first-order chi connectivity index (χ1) is 15.8. The van der Waals surface area contributed by atoms with Gasteiger partial charge in [-0.05, 0) is 59.1 Å². The Bertz CT molecular complexity index is 1060. The van der Waals surface area contributed by atoms with Gasteiger partial charge >= 0.3 is 0 Å². The minimum Gasteiger partial charge on any atom is -0.365 e. The Morgan fingerprint density at radius 1 is 0.765 bits per heavy atom. The van der Waals surface area contributed by atoms with Gasteiger partial charge in [-0.2, -0.15) is 0 Å². The number of benzene rings is 3. The molecule has 0 unspecified atom stereocenters. The van der Waals surface area contributed by atoms with Gasteiger partial charge in [0.05, 0.1) is 18.2 Å². The van der Waals surface area contributed by atoms with Crippen LogP contribution in [0.25, 0.3) is 0 Å². The summed E-state index contributed by atoms with van der Waals surface area (Å²) < 4.78 is 6.35. The van der Waals surface area contributed by atoms with Crippen molar-refractivity contribution in [3.8, 4) is 0 Å². The summed E-state index contributed by atoms with van der Waals surface area (Å²) in [7, 11) is 0. The van der Waals surface area contributed by atoms with Crippen molar-refractivity contribution < 1.29 is 4.74 Å². The molecule has 6 rings (SSSR count). The summed E-state index contributed by atoms with van der Waals surface area (Å²) >= 11 is 0. The molecular weight excluding hydrogens is 463 g/mol. The van der Waals surface area contributed by atoms with Crippen molar-refractivity contribution in [2.45, 2.75) is 43.9 Å². The monoisotopic (exact) mass is 496 g/mol. The van der Waals surface area contributed by atoms with E-state index >= 15 is 0 Å². The zero-order valence-electron chi connectivity index (χ0n) is 19.5.